The molecule has 0 aliphatic carbocycles. The zero-order chi connectivity index (χ0) is 11.9. The van der Waals surface area contributed by atoms with E-state index in [1.165, 1.54) is 0 Å². The maximum Gasteiger partial charge on any atom is 0.137 e. The van der Waals surface area contributed by atoms with E-state index in [-0.39, 0.29) is 0 Å². The molecule has 0 spiro atoms. The van der Waals surface area contributed by atoms with Crippen LogP contribution in [-0.2, 0) is 14.3 Å². The summed E-state index contributed by atoms with van der Waals surface area (Å²) in [6, 6.07) is 0. The van der Waals surface area contributed by atoms with Crippen molar-refractivity contribution in [2.24, 2.45) is 0 Å². The molecule has 92 valence electrons. The van der Waals surface area contributed by atoms with E-state index in [0.29, 0.717) is 57.9 Å². The molecule has 0 amide bonds. The Kier molecular flexibility index (Phi) is 5.66. The second-order valence-electron chi connectivity index (χ2n) is 4.07. The molecule has 0 atom stereocenters. The van der Waals surface area contributed by atoms with Gasteiger partial charge in [-0.05, 0) is 0 Å². The SMILES string of the molecule is C=CC1(O)CCOCC1.O=C1CCOCC1. The molecule has 0 aromatic heterocycles. The fraction of sp³-hybridized carbons (Fsp3) is 0.750. The van der Waals surface area contributed by atoms with Crippen molar-refractivity contribution in [3.8, 4) is 0 Å². The zero-order valence-electron chi connectivity index (χ0n) is 9.61. The number of rotatable bonds is 1. The van der Waals surface area contributed by atoms with Crippen molar-refractivity contribution in [3.05, 3.63) is 12.7 Å². The molecular weight excluding hydrogens is 208 g/mol. The molecule has 16 heavy (non-hydrogen) atoms. The molecule has 1 N–H and O–H groups in total. The van der Waals surface area contributed by atoms with Gasteiger partial charge in [0, 0.05) is 38.9 Å². The second kappa shape index (κ2) is 6.78. The first kappa shape index (κ1) is 13.4. The van der Waals surface area contributed by atoms with Crippen LogP contribution in [0.3, 0.4) is 0 Å². The number of carbonyl (C=O) groups is 1. The number of ether oxygens (including phenoxy) is 2. The molecule has 0 aromatic rings. The maximum absolute atomic E-state index is 10.4. The van der Waals surface area contributed by atoms with Gasteiger partial charge in [-0.1, -0.05) is 6.08 Å². The van der Waals surface area contributed by atoms with Gasteiger partial charge in [-0.3, -0.25) is 4.79 Å². The lowest BCUT2D eigenvalue weighted by molar-refractivity contribution is -0.124. The third kappa shape index (κ3) is 4.88. The molecule has 0 aromatic carbocycles. The van der Waals surface area contributed by atoms with Gasteiger partial charge in [0.25, 0.3) is 0 Å². The van der Waals surface area contributed by atoms with Gasteiger partial charge in [0.1, 0.15) is 5.78 Å². The molecule has 0 unspecified atom stereocenters. The van der Waals surface area contributed by atoms with E-state index in [1.54, 1.807) is 6.08 Å². The average molecular weight is 228 g/mol. The van der Waals surface area contributed by atoms with Gasteiger partial charge >= 0.3 is 0 Å². The van der Waals surface area contributed by atoms with Gasteiger partial charge in [0.2, 0.25) is 0 Å². The summed E-state index contributed by atoms with van der Waals surface area (Å²) >= 11 is 0. The fourth-order valence-corrected chi connectivity index (χ4v) is 1.53. The molecule has 4 heteroatoms. The lowest BCUT2D eigenvalue weighted by atomic mass is 9.95. The first-order valence-corrected chi connectivity index (χ1v) is 5.69. The molecule has 0 radical (unpaired) electrons. The quantitative estimate of drug-likeness (QED) is 0.682. The van der Waals surface area contributed by atoms with Crippen LogP contribution in [0.4, 0.5) is 0 Å². The van der Waals surface area contributed by atoms with Gasteiger partial charge in [0.15, 0.2) is 0 Å². The molecular formula is C12H20O4. The lowest BCUT2D eigenvalue weighted by Crippen LogP contribution is -2.33. The Morgan fingerprint density at radius 3 is 1.94 bits per heavy atom. The lowest BCUT2D eigenvalue weighted by Gasteiger charge is -2.28. The number of Topliss-reactive ketones (excluding diaryl/α,β-unsaturated/α-hetero) is 1. The van der Waals surface area contributed by atoms with Crippen molar-refractivity contribution in [2.75, 3.05) is 26.4 Å². The molecule has 2 saturated heterocycles. The standard InChI is InChI=1S/C7H12O2.C5H8O2/c1-2-7(8)3-5-9-6-4-7;6-5-1-3-7-4-2-5/h2,8H,1,3-6H2;1-4H2. The highest BCUT2D eigenvalue weighted by Gasteiger charge is 2.25. The average Bonchev–Trinajstić information content (AvgIpc) is 2.32. The third-order valence-corrected chi connectivity index (χ3v) is 2.79. The summed E-state index contributed by atoms with van der Waals surface area (Å²) in [5.41, 5.74) is -0.641. The van der Waals surface area contributed by atoms with Gasteiger partial charge in [-0.15, -0.1) is 6.58 Å². The fourth-order valence-electron chi connectivity index (χ4n) is 1.53. The predicted octanol–water partition coefficient (Wildman–Crippen LogP) is 1.08. The third-order valence-electron chi connectivity index (χ3n) is 2.79. The van der Waals surface area contributed by atoms with E-state index in [2.05, 4.69) is 6.58 Å². The monoisotopic (exact) mass is 228 g/mol. The maximum atomic E-state index is 10.4. The summed E-state index contributed by atoms with van der Waals surface area (Å²) < 4.78 is 9.98. The molecule has 2 heterocycles. The van der Waals surface area contributed by atoms with Crippen LogP contribution < -0.4 is 0 Å². The Balaban J connectivity index is 0.000000165. The highest BCUT2D eigenvalue weighted by Crippen LogP contribution is 2.20. The summed E-state index contributed by atoms with van der Waals surface area (Å²) in [6.45, 7) is 6.14. The summed E-state index contributed by atoms with van der Waals surface area (Å²) in [5.74, 6) is 0.339. The Bertz CT molecular complexity index is 223. The van der Waals surface area contributed by atoms with Gasteiger partial charge in [-0.2, -0.15) is 0 Å². The first-order chi connectivity index (χ1) is 7.66. The van der Waals surface area contributed by atoms with Gasteiger partial charge < -0.3 is 14.6 Å². The van der Waals surface area contributed by atoms with Crippen LogP contribution in [-0.4, -0.2) is 42.9 Å². The minimum Gasteiger partial charge on any atom is -0.386 e. The number of ketones is 1. The first-order valence-electron chi connectivity index (χ1n) is 5.69. The van der Waals surface area contributed by atoms with Crippen LogP contribution in [0.1, 0.15) is 25.7 Å². The van der Waals surface area contributed by atoms with E-state index in [4.69, 9.17) is 9.47 Å². The van der Waals surface area contributed by atoms with Crippen LogP contribution in [0.5, 0.6) is 0 Å². The summed E-state index contributed by atoms with van der Waals surface area (Å²) in [6.07, 6.45) is 4.24. The number of hydrogen-bond acceptors (Lipinski definition) is 4. The van der Waals surface area contributed by atoms with E-state index in [1.807, 2.05) is 0 Å². The van der Waals surface area contributed by atoms with Crippen molar-refractivity contribution in [2.45, 2.75) is 31.3 Å². The number of carbonyl (C=O) groups excluding carboxylic acids is 1. The highest BCUT2D eigenvalue weighted by atomic mass is 16.5. The largest absolute Gasteiger partial charge is 0.386 e. The molecule has 2 fully saturated rings. The Labute approximate surface area is 96.2 Å². The van der Waals surface area contributed by atoms with Crippen LogP contribution in [0.25, 0.3) is 0 Å². The summed E-state index contributed by atoms with van der Waals surface area (Å²) in [4.78, 5) is 10.4. The summed E-state index contributed by atoms with van der Waals surface area (Å²) in [7, 11) is 0. The van der Waals surface area contributed by atoms with Crippen molar-refractivity contribution < 1.29 is 19.4 Å². The Morgan fingerprint density at radius 1 is 1.12 bits per heavy atom. The molecule has 4 nitrogen and oxygen atoms in total. The molecule has 2 aliphatic heterocycles. The van der Waals surface area contributed by atoms with Gasteiger partial charge in [0.05, 0.1) is 18.8 Å². The van der Waals surface area contributed by atoms with Gasteiger partial charge in [-0.25, -0.2) is 0 Å². The van der Waals surface area contributed by atoms with Crippen LogP contribution in [0, 0.1) is 0 Å². The second-order valence-corrected chi connectivity index (χ2v) is 4.07. The van der Waals surface area contributed by atoms with Crippen molar-refractivity contribution in [1.82, 2.24) is 0 Å². The number of hydrogen-bond donors (Lipinski definition) is 1. The smallest absolute Gasteiger partial charge is 0.137 e. The minimum atomic E-state index is -0.641. The van der Waals surface area contributed by atoms with Crippen molar-refractivity contribution in [3.63, 3.8) is 0 Å². The topological polar surface area (TPSA) is 55.8 Å². The number of aliphatic hydroxyl groups is 1. The minimum absolute atomic E-state index is 0.339. The van der Waals surface area contributed by atoms with Crippen LogP contribution in [0.15, 0.2) is 12.7 Å². The molecule has 0 saturated carbocycles. The molecule has 0 bridgehead atoms. The van der Waals surface area contributed by atoms with E-state index in [0.717, 1.165) is 0 Å². The van der Waals surface area contributed by atoms with Crippen LogP contribution >= 0.6 is 0 Å². The highest BCUT2D eigenvalue weighted by molar-refractivity contribution is 5.78. The summed E-state index contributed by atoms with van der Waals surface area (Å²) in [5, 5.41) is 9.48. The zero-order valence-corrected chi connectivity index (χ0v) is 9.61. The van der Waals surface area contributed by atoms with E-state index in [9.17, 15) is 9.90 Å². The van der Waals surface area contributed by atoms with E-state index >= 15 is 0 Å². The van der Waals surface area contributed by atoms with Crippen LogP contribution in [0.2, 0.25) is 0 Å². The predicted molar refractivity (Wildman–Crippen MR) is 60.3 cm³/mol. The molecule has 2 aliphatic rings. The van der Waals surface area contributed by atoms with E-state index < -0.39 is 5.60 Å². The normalized spacial score (nSPS) is 24.2. The Hall–Kier alpha value is -0.710. The Morgan fingerprint density at radius 2 is 1.62 bits per heavy atom. The van der Waals surface area contributed by atoms with Crippen molar-refractivity contribution in [1.29, 1.82) is 0 Å². The van der Waals surface area contributed by atoms with Crippen molar-refractivity contribution >= 4 is 5.78 Å². The molecule has 2 rings (SSSR count).